The van der Waals surface area contributed by atoms with E-state index in [0.29, 0.717) is 0 Å². The lowest BCUT2D eigenvalue weighted by atomic mass is 10.7. The summed E-state index contributed by atoms with van der Waals surface area (Å²) in [6.45, 7) is 3.31. The lowest BCUT2D eigenvalue weighted by molar-refractivity contribution is 0.343. The maximum Gasteiger partial charge on any atom is 0.394 e. The molecule has 0 aliphatic rings. The van der Waals surface area contributed by atoms with E-state index in [-0.39, 0.29) is 23.0 Å². The van der Waals surface area contributed by atoms with E-state index in [9.17, 15) is 0 Å². The molecule has 0 amide bonds. The van der Waals surface area contributed by atoms with Gasteiger partial charge in [0.25, 0.3) is 0 Å². The average Bonchev–Trinajstić information content (AvgIpc) is 1.61. The Morgan fingerprint density at radius 1 is 1.17 bits per heavy atom. The molecule has 0 unspecified atom stereocenters. The summed E-state index contributed by atoms with van der Waals surface area (Å²) in [5.41, 5.74) is 0. The van der Waals surface area contributed by atoms with Crippen molar-refractivity contribution in [2.45, 2.75) is 0 Å². The zero-order valence-electron chi connectivity index (χ0n) is 6.06. The Kier molecular flexibility index (Phi) is 42.1. The van der Waals surface area contributed by atoms with Crippen molar-refractivity contribution >= 4 is 10.4 Å². The van der Waals surface area contributed by atoms with Gasteiger partial charge >= 0.3 is 10.4 Å². The fraction of sp³-hybridized carbons (Fsp3) is 0.333. The number of rotatable bonds is 1. The Labute approximate surface area is 69.7 Å². The van der Waals surface area contributed by atoms with Crippen LogP contribution in [0.2, 0.25) is 0 Å². The molecule has 0 saturated carbocycles. The van der Waals surface area contributed by atoms with Crippen molar-refractivity contribution in [3.05, 3.63) is 12.7 Å². The summed E-state index contributed by atoms with van der Waals surface area (Å²) in [6.07, 6.45) is 1.43. The standard InChI is InChI=1S/C3H6O.H2O4S.3H2O/c1-2-3-4;1-5(2,3)4;;;/h2,4H,1,3H2;(H2,1,2,3,4);3*1H2. The van der Waals surface area contributed by atoms with Gasteiger partial charge in [0, 0.05) is 0 Å². The third-order valence-corrected chi connectivity index (χ3v) is 0.129. The summed E-state index contributed by atoms with van der Waals surface area (Å²) in [5, 5.41) is 7.76. The molecule has 80 valence electrons. The summed E-state index contributed by atoms with van der Waals surface area (Å²) < 4.78 is 31.6. The molecule has 0 aliphatic heterocycles. The average molecular weight is 210 g/mol. The molecule has 0 aromatic rings. The van der Waals surface area contributed by atoms with Gasteiger partial charge in [-0.3, -0.25) is 9.11 Å². The molecular formula is C3H14O8S. The van der Waals surface area contributed by atoms with Crippen LogP contribution in [0.1, 0.15) is 0 Å². The normalized spacial score (nSPS) is 6.92. The fourth-order valence-corrected chi connectivity index (χ4v) is 0. The second kappa shape index (κ2) is 16.8. The van der Waals surface area contributed by atoms with Gasteiger partial charge in [-0.1, -0.05) is 6.08 Å². The van der Waals surface area contributed by atoms with E-state index in [1.165, 1.54) is 6.08 Å². The van der Waals surface area contributed by atoms with Crippen LogP contribution >= 0.6 is 0 Å². The Balaban J connectivity index is -0.0000000221. The molecule has 0 spiro atoms. The topological polar surface area (TPSA) is 189 Å². The van der Waals surface area contributed by atoms with Crippen molar-refractivity contribution in [3.63, 3.8) is 0 Å². The van der Waals surface area contributed by atoms with Gasteiger partial charge in [0.2, 0.25) is 0 Å². The maximum absolute atomic E-state index is 8.74. The summed E-state index contributed by atoms with van der Waals surface area (Å²) >= 11 is 0. The SMILES string of the molecule is C=CCO.O.O.O.O=S(=O)(O)O. The zero-order chi connectivity index (χ0) is 7.91. The van der Waals surface area contributed by atoms with Crippen molar-refractivity contribution in [3.8, 4) is 0 Å². The molecule has 0 radical (unpaired) electrons. The molecule has 0 bridgehead atoms. The van der Waals surface area contributed by atoms with E-state index >= 15 is 0 Å². The monoisotopic (exact) mass is 210 g/mol. The van der Waals surface area contributed by atoms with Gasteiger partial charge in [0.1, 0.15) is 0 Å². The molecule has 0 saturated heterocycles. The van der Waals surface area contributed by atoms with Crippen LogP contribution in [0.15, 0.2) is 12.7 Å². The molecule has 0 atom stereocenters. The molecule has 0 heterocycles. The Bertz CT molecular complexity index is 140. The molecular weight excluding hydrogens is 196 g/mol. The van der Waals surface area contributed by atoms with E-state index in [4.69, 9.17) is 22.6 Å². The van der Waals surface area contributed by atoms with Gasteiger partial charge in [0.05, 0.1) is 6.61 Å². The van der Waals surface area contributed by atoms with Gasteiger partial charge in [0.15, 0.2) is 0 Å². The van der Waals surface area contributed by atoms with Crippen LogP contribution in [-0.4, -0.2) is 45.7 Å². The highest BCUT2D eigenvalue weighted by Gasteiger charge is 1.84. The number of hydrogen-bond donors (Lipinski definition) is 3. The minimum Gasteiger partial charge on any atom is -0.412 e. The third kappa shape index (κ3) is 3330. The van der Waals surface area contributed by atoms with Crippen molar-refractivity contribution in [2.75, 3.05) is 6.61 Å². The van der Waals surface area contributed by atoms with Crippen molar-refractivity contribution in [2.24, 2.45) is 0 Å². The fourth-order valence-electron chi connectivity index (χ4n) is 0. The maximum atomic E-state index is 8.74. The molecule has 0 rings (SSSR count). The van der Waals surface area contributed by atoms with Gasteiger partial charge in [-0.2, -0.15) is 8.42 Å². The molecule has 9 N–H and O–H groups in total. The predicted octanol–water partition coefficient (Wildman–Crippen LogP) is -2.96. The summed E-state index contributed by atoms with van der Waals surface area (Å²) in [4.78, 5) is 0. The van der Waals surface area contributed by atoms with Crippen LogP contribution in [0.4, 0.5) is 0 Å². The van der Waals surface area contributed by atoms with Crippen molar-refractivity contribution < 1.29 is 39.1 Å². The van der Waals surface area contributed by atoms with Gasteiger partial charge in [-0.15, -0.1) is 6.58 Å². The first-order chi connectivity index (χ1) is 3.91. The predicted molar refractivity (Wildman–Crippen MR) is 42.3 cm³/mol. The van der Waals surface area contributed by atoms with E-state index in [1.807, 2.05) is 0 Å². The molecule has 9 heteroatoms. The third-order valence-electron chi connectivity index (χ3n) is 0.129. The van der Waals surface area contributed by atoms with Crippen LogP contribution in [0, 0.1) is 0 Å². The van der Waals surface area contributed by atoms with Crippen LogP contribution < -0.4 is 0 Å². The largest absolute Gasteiger partial charge is 0.412 e. The molecule has 0 aromatic carbocycles. The summed E-state index contributed by atoms with van der Waals surface area (Å²) in [7, 11) is -4.67. The number of aliphatic hydroxyl groups excluding tert-OH is 1. The Hall–Kier alpha value is -0.550. The van der Waals surface area contributed by atoms with Gasteiger partial charge in [-0.25, -0.2) is 0 Å². The van der Waals surface area contributed by atoms with Crippen molar-refractivity contribution in [1.29, 1.82) is 0 Å². The second-order valence-electron chi connectivity index (χ2n) is 0.919. The lowest BCUT2D eigenvalue weighted by Gasteiger charge is -1.68. The van der Waals surface area contributed by atoms with Crippen LogP contribution in [-0.2, 0) is 10.4 Å². The minimum absolute atomic E-state index is 0. The van der Waals surface area contributed by atoms with Gasteiger partial charge in [-0.05, 0) is 0 Å². The summed E-state index contributed by atoms with van der Waals surface area (Å²) in [5.74, 6) is 0. The van der Waals surface area contributed by atoms with Crippen LogP contribution in [0.3, 0.4) is 0 Å². The molecule has 0 aliphatic carbocycles. The quantitative estimate of drug-likeness (QED) is 0.307. The molecule has 8 nitrogen and oxygen atoms in total. The van der Waals surface area contributed by atoms with E-state index in [1.54, 1.807) is 0 Å². The minimum atomic E-state index is -4.67. The smallest absolute Gasteiger partial charge is 0.394 e. The lowest BCUT2D eigenvalue weighted by Crippen LogP contribution is -1.89. The van der Waals surface area contributed by atoms with Crippen LogP contribution in [0.5, 0.6) is 0 Å². The van der Waals surface area contributed by atoms with E-state index < -0.39 is 10.4 Å². The zero-order valence-corrected chi connectivity index (χ0v) is 6.87. The van der Waals surface area contributed by atoms with Crippen LogP contribution in [0.25, 0.3) is 0 Å². The van der Waals surface area contributed by atoms with E-state index in [2.05, 4.69) is 6.58 Å². The highest BCUT2D eigenvalue weighted by atomic mass is 32.3. The highest BCUT2D eigenvalue weighted by Crippen LogP contribution is 1.59. The summed E-state index contributed by atoms with van der Waals surface area (Å²) in [6, 6.07) is 0. The molecule has 0 fully saturated rings. The number of hydrogen-bond acceptors (Lipinski definition) is 3. The first kappa shape index (κ1) is 30.1. The number of aliphatic hydroxyl groups is 1. The van der Waals surface area contributed by atoms with E-state index in [0.717, 1.165) is 0 Å². The molecule has 12 heavy (non-hydrogen) atoms. The highest BCUT2D eigenvalue weighted by molar-refractivity contribution is 7.79. The van der Waals surface area contributed by atoms with Crippen molar-refractivity contribution in [1.82, 2.24) is 0 Å². The first-order valence-electron chi connectivity index (χ1n) is 1.83. The first-order valence-corrected chi connectivity index (χ1v) is 3.23. The Morgan fingerprint density at radius 2 is 1.25 bits per heavy atom. The second-order valence-corrected chi connectivity index (χ2v) is 1.81. The molecule has 0 aromatic heterocycles. The Morgan fingerprint density at radius 3 is 1.25 bits per heavy atom. The van der Waals surface area contributed by atoms with Gasteiger partial charge < -0.3 is 21.5 Å².